The molecule has 110 valence electrons. The smallest absolute Gasteiger partial charge is 0.341 e. The van der Waals surface area contributed by atoms with Crippen LogP contribution >= 0.6 is 11.3 Å². The number of amides is 1. The molecule has 1 saturated heterocycles. The first-order valence-electron chi connectivity index (χ1n) is 6.65. The van der Waals surface area contributed by atoms with Gasteiger partial charge in [-0.2, -0.15) is 0 Å². The molecule has 1 atom stereocenters. The molecule has 1 unspecified atom stereocenters. The number of hydrogen-bond acceptors (Lipinski definition) is 5. The maximum absolute atomic E-state index is 12.1. The summed E-state index contributed by atoms with van der Waals surface area (Å²) >= 11 is 1.45. The Bertz CT molecular complexity index is 538. The third-order valence-corrected chi connectivity index (χ3v) is 4.81. The minimum atomic E-state index is -0.401. The van der Waals surface area contributed by atoms with Crippen molar-refractivity contribution in [2.45, 2.75) is 26.7 Å². The van der Waals surface area contributed by atoms with E-state index >= 15 is 0 Å². The molecule has 0 radical (unpaired) electrons. The summed E-state index contributed by atoms with van der Waals surface area (Å²) in [5, 5.41) is 9.87. The number of hydrogen-bond donors (Lipinski definition) is 1. The molecule has 1 aliphatic heterocycles. The number of ether oxygens (including phenoxy) is 1. The minimum Gasteiger partial charge on any atom is -0.465 e. The van der Waals surface area contributed by atoms with Crippen LogP contribution in [0.3, 0.4) is 0 Å². The first-order chi connectivity index (χ1) is 9.53. The van der Waals surface area contributed by atoms with Gasteiger partial charge in [0.1, 0.15) is 5.00 Å². The maximum atomic E-state index is 12.1. The first-order valence-corrected chi connectivity index (χ1v) is 7.46. The largest absolute Gasteiger partial charge is 0.465 e. The number of aliphatic hydroxyl groups excluding tert-OH is 1. The highest BCUT2D eigenvalue weighted by Crippen LogP contribution is 2.39. The van der Waals surface area contributed by atoms with Gasteiger partial charge >= 0.3 is 5.97 Å². The molecule has 1 N–H and O–H groups in total. The summed E-state index contributed by atoms with van der Waals surface area (Å²) in [5.74, 6) is -0.500. The van der Waals surface area contributed by atoms with Crippen LogP contribution in [0.15, 0.2) is 0 Å². The van der Waals surface area contributed by atoms with Gasteiger partial charge < -0.3 is 14.7 Å². The lowest BCUT2D eigenvalue weighted by Crippen LogP contribution is -2.26. The molecule has 1 amide bonds. The van der Waals surface area contributed by atoms with E-state index in [-0.39, 0.29) is 18.4 Å². The molecule has 0 saturated carbocycles. The average molecular weight is 297 g/mol. The van der Waals surface area contributed by atoms with Crippen LogP contribution in [0, 0.1) is 12.8 Å². The van der Waals surface area contributed by atoms with Crippen molar-refractivity contribution in [3.63, 3.8) is 0 Å². The molecular formula is C14H19NO4S. The molecule has 5 nitrogen and oxygen atoms in total. The monoisotopic (exact) mass is 297 g/mol. The zero-order valence-corrected chi connectivity index (χ0v) is 12.7. The highest BCUT2D eigenvalue weighted by molar-refractivity contribution is 7.17. The number of nitrogens with zero attached hydrogens (tertiary/aromatic N) is 1. The van der Waals surface area contributed by atoms with Crippen molar-refractivity contribution in [1.29, 1.82) is 0 Å². The van der Waals surface area contributed by atoms with E-state index in [1.807, 2.05) is 13.8 Å². The number of rotatable bonds is 4. The summed E-state index contributed by atoms with van der Waals surface area (Å²) in [6.07, 6.45) is 1.05. The predicted octanol–water partition coefficient (Wildman–Crippen LogP) is 1.75. The van der Waals surface area contributed by atoms with Crippen molar-refractivity contribution >= 4 is 28.2 Å². The summed E-state index contributed by atoms with van der Waals surface area (Å²) in [5.41, 5.74) is 1.45. The Morgan fingerprint density at radius 3 is 2.75 bits per heavy atom. The molecule has 1 fully saturated rings. The topological polar surface area (TPSA) is 66.8 Å². The van der Waals surface area contributed by atoms with Crippen LogP contribution in [0.4, 0.5) is 5.00 Å². The molecule has 0 bridgehead atoms. The second kappa shape index (κ2) is 5.93. The van der Waals surface area contributed by atoms with Gasteiger partial charge in [0.25, 0.3) is 0 Å². The molecule has 1 aliphatic rings. The highest BCUT2D eigenvalue weighted by atomic mass is 32.1. The molecule has 0 aliphatic carbocycles. The van der Waals surface area contributed by atoms with Gasteiger partial charge in [-0.3, -0.25) is 4.79 Å². The van der Waals surface area contributed by atoms with E-state index < -0.39 is 5.97 Å². The summed E-state index contributed by atoms with van der Waals surface area (Å²) in [6, 6.07) is 0. The van der Waals surface area contributed by atoms with Crippen molar-refractivity contribution in [3.05, 3.63) is 16.0 Å². The lowest BCUT2D eigenvalue weighted by Gasteiger charge is -2.16. The average Bonchev–Trinajstić information content (AvgIpc) is 2.97. The van der Waals surface area contributed by atoms with Crippen LogP contribution in [0.1, 0.15) is 34.1 Å². The Balaban J connectivity index is 2.46. The first kappa shape index (κ1) is 15.0. The third-order valence-electron chi connectivity index (χ3n) is 3.64. The van der Waals surface area contributed by atoms with Crippen LogP contribution in [0.25, 0.3) is 0 Å². The predicted molar refractivity (Wildman–Crippen MR) is 77.3 cm³/mol. The number of aryl methyl sites for hydroxylation is 1. The number of esters is 1. The molecule has 2 heterocycles. The van der Waals surface area contributed by atoms with Crippen LogP contribution in [-0.2, 0) is 16.0 Å². The fourth-order valence-electron chi connectivity index (χ4n) is 2.59. The normalized spacial score (nSPS) is 18.7. The molecule has 1 aromatic rings. The second-order valence-corrected chi connectivity index (χ2v) is 6.12. The van der Waals surface area contributed by atoms with Crippen LogP contribution < -0.4 is 4.90 Å². The molecular weight excluding hydrogens is 278 g/mol. The molecule has 2 rings (SSSR count). The number of thiophene rings is 1. The van der Waals surface area contributed by atoms with Crippen molar-refractivity contribution in [3.8, 4) is 0 Å². The molecule has 20 heavy (non-hydrogen) atoms. The van der Waals surface area contributed by atoms with E-state index in [1.165, 1.54) is 18.4 Å². The Morgan fingerprint density at radius 1 is 1.55 bits per heavy atom. The van der Waals surface area contributed by atoms with Crippen molar-refractivity contribution in [2.75, 3.05) is 25.2 Å². The quantitative estimate of drug-likeness (QED) is 0.860. The van der Waals surface area contributed by atoms with Gasteiger partial charge in [-0.25, -0.2) is 4.79 Å². The standard InChI is InChI=1S/C14H19NO4S/c1-4-10-8(2)20-13(12(10)14(18)19-3)15-6-9(7-16)5-11(15)17/h9,16H,4-7H2,1-3H3. The van der Waals surface area contributed by atoms with E-state index in [0.29, 0.717) is 23.5 Å². The van der Waals surface area contributed by atoms with Gasteiger partial charge in [0.05, 0.1) is 12.7 Å². The van der Waals surface area contributed by atoms with E-state index in [2.05, 4.69) is 0 Å². The molecule has 0 spiro atoms. The maximum Gasteiger partial charge on any atom is 0.341 e. The minimum absolute atomic E-state index is 0.0131. The van der Waals surface area contributed by atoms with Crippen molar-refractivity contribution in [1.82, 2.24) is 0 Å². The third kappa shape index (κ3) is 2.45. The summed E-state index contributed by atoms with van der Waals surface area (Å²) in [4.78, 5) is 26.8. The fraction of sp³-hybridized carbons (Fsp3) is 0.571. The van der Waals surface area contributed by atoms with Crippen molar-refractivity contribution in [2.24, 2.45) is 5.92 Å². The Morgan fingerprint density at radius 2 is 2.25 bits per heavy atom. The number of carbonyl (C=O) groups excluding carboxylic acids is 2. The number of aliphatic hydroxyl groups is 1. The summed E-state index contributed by atoms with van der Waals surface area (Å²) < 4.78 is 4.86. The Labute approximate surface area is 122 Å². The van der Waals surface area contributed by atoms with E-state index in [0.717, 1.165) is 16.9 Å². The lowest BCUT2D eigenvalue weighted by molar-refractivity contribution is -0.117. The van der Waals surface area contributed by atoms with Gasteiger partial charge in [0.2, 0.25) is 5.91 Å². The zero-order chi connectivity index (χ0) is 14.9. The number of methoxy groups -OCH3 is 1. The van der Waals surface area contributed by atoms with Crippen LogP contribution in [0.5, 0.6) is 0 Å². The highest BCUT2D eigenvalue weighted by Gasteiger charge is 2.35. The molecule has 6 heteroatoms. The molecule has 0 aromatic carbocycles. The van der Waals surface area contributed by atoms with Gasteiger partial charge in [-0.15, -0.1) is 11.3 Å². The summed E-state index contributed by atoms with van der Waals surface area (Å²) in [6.45, 7) is 4.38. The number of anilines is 1. The van der Waals surface area contributed by atoms with Gasteiger partial charge in [-0.05, 0) is 18.9 Å². The van der Waals surface area contributed by atoms with Gasteiger partial charge in [0, 0.05) is 30.4 Å². The van der Waals surface area contributed by atoms with Gasteiger partial charge in [-0.1, -0.05) is 6.92 Å². The number of carbonyl (C=O) groups is 2. The Kier molecular flexibility index (Phi) is 4.45. The lowest BCUT2D eigenvalue weighted by atomic mass is 10.1. The second-order valence-electron chi connectivity index (χ2n) is 4.92. The van der Waals surface area contributed by atoms with Crippen LogP contribution in [-0.4, -0.2) is 37.2 Å². The molecule has 1 aromatic heterocycles. The van der Waals surface area contributed by atoms with E-state index in [9.17, 15) is 14.7 Å². The van der Waals surface area contributed by atoms with E-state index in [4.69, 9.17) is 4.74 Å². The SMILES string of the molecule is CCc1c(C)sc(N2CC(CO)CC2=O)c1C(=O)OC. The fourth-order valence-corrected chi connectivity index (χ4v) is 3.85. The summed E-state index contributed by atoms with van der Waals surface area (Å²) in [7, 11) is 1.35. The zero-order valence-electron chi connectivity index (χ0n) is 11.9. The van der Waals surface area contributed by atoms with Crippen LogP contribution in [0.2, 0.25) is 0 Å². The van der Waals surface area contributed by atoms with Gasteiger partial charge in [0.15, 0.2) is 0 Å². The van der Waals surface area contributed by atoms with Crippen molar-refractivity contribution < 1.29 is 19.4 Å². The Hall–Kier alpha value is -1.40. The van der Waals surface area contributed by atoms with E-state index in [1.54, 1.807) is 4.90 Å².